The molecule has 1 fully saturated rings. The van der Waals surface area contributed by atoms with Crippen LogP contribution in [0.25, 0.3) is 0 Å². The number of unbranched alkanes of at least 4 members (excludes halogenated alkanes) is 4. The van der Waals surface area contributed by atoms with E-state index in [1.807, 2.05) is 0 Å². The minimum atomic E-state index is 0.594. The Labute approximate surface area is 113 Å². The summed E-state index contributed by atoms with van der Waals surface area (Å²) < 4.78 is 5.61. The van der Waals surface area contributed by atoms with Gasteiger partial charge in [-0.2, -0.15) is 0 Å². The molecule has 3 nitrogen and oxygen atoms in total. The number of rotatable bonds is 10. The molecular weight excluding hydrogens is 224 g/mol. The van der Waals surface area contributed by atoms with Crippen LogP contribution in [0.3, 0.4) is 0 Å². The van der Waals surface area contributed by atoms with Crippen LogP contribution >= 0.6 is 0 Å². The monoisotopic (exact) mass is 256 g/mol. The number of morpholine rings is 1. The Kier molecular flexibility index (Phi) is 9.54. The lowest BCUT2D eigenvalue weighted by Gasteiger charge is -2.35. The van der Waals surface area contributed by atoms with Crippen molar-refractivity contribution in [2.45, 2.75) is 58.4 Å². The van der Waals surface area contributed by atoms with E-state index in [1.54, 1.807) is 0 Å². The van der Waals surface area contributed by atoms with Crippen molar-refractivity contribution in [3.63, 3.8) is 0 Å². The second kappa shape index (κ2) is 10.8. The predicted octanol–water partition coefficient (Wildman–Crippen LogP) is 2.66. The summed E-state index contributed by atoms with van der Waals surface area (Å²) >= 11 is 0. The van der Waals surface area contributed by atoms with E-state index in [4.69, 9.17) is 4.74 Å². The van der Waals surface area contributed by atoms with E-state index in [2.05, 4.69) is 24.1 Å². The van der Waals surface area contributed by atoms with E-state index in [-0.39, 0.29) is 0 Å². The van der Waals surface area contributed by atoms with Crippen molar-refractivity contribution in [1.82, 2.24) is 10.2 Å². The molecule has 1 N–H and O–H groups in total. The smallest absolute Gasteiger partial charge is 0.0634 e. The summed E-state index contributed by atoms with van der Waals surface area (Å²) in [4.78, 5) is 2.62. The zero-order chi connectivity index (χ0) is 13.1. The molecule has 18 heavy (non-hydrogen) atoms. The minimum absolute atomic E-state index is 0.594. The van der Waals surface area contributed by atoms with E-state index in [0.717, 1.165) is 32.8 Å². The van der Waals surface area contributed by atoms with Crippen molar-refractivity contribution in [3.8, 4) is 0 Å². The first-order chi connectivity index (χ1) is 8.88. The summed E-state index contributed by atoms with van der Waals surface area (Å²) in [5.74, 6) is 0. The van der Waals surface area contributed by atoms with Crippen molar-refractivity contribution in [2.75, 3.05) is 39.4 Å². The Morgan fingerprint density at radius 1 is 1.11 bits per heavy atom. The molecule has 3 heteroatoms. The number of nitrogens with one attached hydrogen (secondary N) is 1. The average molecular weight is 256 g/mol. The lowest BCUT2D eigenvalue weighted by molar-refractivity contribution is -0.00735. The quantitative estimate of drug-likeness (QED) is 0.608. The van der Waals surface area contributed by atoms with Gasteiger partial charge in [0.15, 0.2) is 0 Å². The third kappa shape index (κ3) is 6.72. The predicted molar refractivity (Wildman–Crippen MR) is 78.1 cm³/mol. The van der Waals surface area contributed by atoms with Crippen LogP contribution in [0.5, 0.6) is 0 Å². The van der Waals surface area contributed by atoms with E-state index in [0.29, 0.717) is 6.04 Å². The standard InChI is InChI=1S/C15H32N2O/c1-3-5-6-7-8-10-17-11-12-18-14-15(17)13-16-9-4-2/h15-16H,3-14H2,1-2H3. The molecule has 0 aromatic rings. The molecule has 0 aliphatic carbocycles. The lowest BCUT2D eigenvalue weighted by Crippen LogP contribution is -2.50. The molecule has 1 aliphatic heterocycles. The van der Waals surface area contributed by atoms with Gasteiger partial charge in [0.05, 0.1) is 13.2 Å². The molecule has 0 aromatic heterocycles. The van der Waals surface area contributed by atoms with Crippen LogP contribution in [0, 0.1) is 0 Å². The van der Waals surface area contributed by atoms with Crippen LogP contribution in [0.15, 0.2) is 0 Å². The maximum Gasteiger partial charge on any atom is 0.0634 e. The molecule has 0 radical (unpaired) electrons. The molecule has 1 rings (SSSR count). The lowest BCUT2D eigenvalue weighted by atomic mass is 10.1. The first-order valence-electron chi connectivity index (χ1n) is 7.91. The van der Waals surface area contributed by atoms with Gasteiger partial charge in [-0.25, -0.2) is 0 Å². The fraction of sp³-hybridized carbons (Fsp3) is 1.00. The molecule has 1 atom stereocenters. The Morgan fingerprint density at radius 3 is 2.72 bits per heavy atom. The SMILES string of the molecule is CCCCCCCN1CCOCC1CNCCC. The summed E-state index contributed by atoms with van der Waals surface area (Å²) in [6.45, 7) is 10.9. The van der Waals surface area contributed by atoms with Crippen LogP contribution in [0.4, 0.5) is 0 Å². The number of hydrogen-bond acceptors (Lipinski definition) is 3. The van der Waals surface area contributed by atoms with Gasteiger partial charge in [0, 0.05) is 19.1 Å². The second-order valence-electron chi connectivity index (χ2n) is 5.38. The van der Waals surface area contributed by atoms with Crippen LogP contribution in [0.2, 0.25) is 0 Å². The maximum atomic E-state index is 5.61. The number of hydrogen-bond donors (Lipinski definition) is 1. The fourth-order valence-corrected chi connectivity index (χ4v) is 2.54. The van der Waals surface area contributed by atoms with Crippen LogP contribution in [0.1, 0.15) is 52.4 Å². The zero-order valence-electron chi connectivity index (χ0n) is 12.4. The number of ether oxygens (including phenoxy) is 1. The van der Waals surface area contributed by atoms with Crippen molar-refractivity contribution in [1.29, 1.82) is 0 Å². The number of nitrogens with zero attached hydrogens (tertiary/aromatic N) is 1. The molecule has 1 heterocycles. The second-order valence-corrected chi connectivity index (χ2v) is 5.38. The van der Waals surface area contributed by atoms with Crippen molar-refractivity contribution in [3.05, 3.63) is 0 Å². The molecule has 108 valence electrons. The normalized spacial score (nSPS) is 21.3. The third-order valence-corrected chi connectivity index (χ3v) is 3.71. The molecule has 1 unspecified atom stereocenters. The summed E-state index contributed by atoms with van der Waals surface area (Å²) in [5.41, 5.74) is 0. The van der Waals surface area contributed by atoms with Crippen LogP contribution in [-0.2, 0) is 4.74 Å². The molecule has 0 spiro atoms. The highest BCUT2D eigenvalue weighted by Gasteiger charge is 2.21. The van der Waals surface area contributed by atoms with Gasteiger partial charge >= 0.3 is 0 Å². The summed E-state index contributed by atoms with van der Waals surface area (Å²) in [6, 6.07) is 0.594. The average Bonchev–Trinajstić information content (AvgIpc) is 2.40. The van der Waals surface area contributed by atoms with E-state index < -0.39 is 0 Å². The Morgan fingerprint density at radius 2 is 1.94 bits per heavy atom. The molecule has 0 amide bonds. The first-order valence-corrected chi connectivity index (χ1v) is 7.91. The van der Waals surface area contributed by atoms with Crippen LogP contribution in [-0.4, -0.2) is 50.3 Å². The molecule has 0 saturated carbocycles. The maximum absolute atomic E-state index is 5.61. The van der Waals surface area contributed by atoms with Gasteiger partial charge in [0.1, 0.15) is 0 Å². The van der Waals surface area contributed by atoms with Gasteiger partial charge in [0.2, 0.25) is 0 Å². The Bertz CT molecular complexity index is 187. The van der Waals surface area contributed by atoms with E-state index >= 15 is 0 Å². The minimum Gasteiger partial charge on any atom is -0.378 e. The molecular formula is C15H32N2O. The molecule has 0 aromatic carbocycles. The van der Waals surface area contributed by atoms with Gasteiger partial charge < -0.3 is 10.1 Å². The molecule has 0 bridgehead atoms. The highest BCUT2D eigenvalue weighted by Crippen LogP contribution is 2.10. The van der Waals surface area contributed by atoms with E-state index in [9.17, 15) is 0 Å². The van der Waals surface area contributed by atoms with Gasteiger partial charge in [-0.05, 0) is 25.9 Å². The Balaban J connectivity index is 2.13. The van der Waals surface area contributed by atoms with Crippen LogP contribution < -0.4 is 5.32 Å². The third-order valence-electron chi connectivity index (χ3n) is 3.71. The van der Waals surface area contributed by atoms with Gasteiger partial charge in [0.25, 0.3) is 0 Å². The highest BCUT2D eigenvalue weighted by molar-refractivity contribution is 4.77. The highest BCUT2D eigenvalue weighted by atomic mass is 16.5. The fourth-order valence-electron chi connectivity index (χ4n) is 2.54. The van der Waals surface area contributed by atoms with E-state index in [1.165, 1.54) is 45.1 Å². The molecule has 1 saturated heterocycles. The Hall–Kier alpha value is -0.120. The first kappa shape index (κ1) is 15.9. The largest absolute Gasteiger partial charge is 0.378 e. The van der Waals surface area contributed by atoms with Crippen molar-refractivity contribution < 1.29 is 4.74 Å². The van der Waals surface area contributed by atoms with Crippen molar-refractivity contribution >= 4 is 0 Å². The summed E-state index contributed by atoms with van der Waals surface area (Å²) in [6.07, 6.45) is 8.08. The van der Waals surface area contributed by atoms with Crippen molar-refractivity contribution in [2.24, 2.45) is 0 Å². The topological polar surface area (TPSA) is 24.5 Å². The summed E-state index contributed by atoms with van der Waals surface area (Å²) in [7, 11) is 0. The molecule has 1 aliphatic rings. The van der Waals surface area contributed by atoms with Gasteiger partial charge in [-0.1, -0.05) is 39.5 Å². The summed E-state index contributed by atoms with van der Waals surface area (Å²) in [5, 5.41) is 3.52. The zero-order valence-corrected chi connectivity index (χ0v) is 12.4. The van der Waals surface area contributed by atoms with Gasteiger partial charge in [-0.15, -0.1) is 0 Å². The van der Waals surface area contributed by atoms with Gasteiger partial charge in [-0.3, -0.25) is 4.90 Å².